The van der Waals surface area contributed by atoms with Gasteiger partial charge in [-0.05, 0) is 30.7 Å². The van der Waals surface area contributed by atoms with E-state index in [2.05, 4.69) is 4.98 Å². The second-order valence-electron chi connectivity index (χ2n) is 4.99. The van der Waals surface area contributed by atoms with E-state index in [1.165, 1.54) is 0 Å². The molecule has 1 aromatic carbocycles. The summed E-state index contributed by atoms with van der Waals surface area (Å²) in [5.74, 6) is 1.40. The Kier molecular flexibility index (Phi) is 3.32. The monoisotopic (exact) mass is 271 g/mol. The van der Waals surface area contributed by atoms with Gasteiger partial charge in [-0.3, -0.25) is 4.98 Å². The number of aliphatic hydroxyl groups is 1. The Hall–Kier alpha value is -2.07. The highest BCUT2D eigenvalue weighted by atomic mass is 16.5. The average molecular weight is 271 g/mol. The van der Waals surface area contributed by atoms with Gasteiger partial charge in [-0.1, -0.05) is 0 Å². The molecule has 2 aromatic rings. The number of fused-ring (bicyclic) bond motifs is 1. The number of ether oxygens (including phenoxy) is 2. The standard InChI is InChI=1S/C16H17NO3/c1-10-5-6-17-9-13(10)16-8-14(18)12-4-3-11(19-2)7-15(12)20-16/h3-7,9,14,16,18H,8H2,1-2H3/t14-,16?/m1/s1. The van der Waals surface area contributed by atoms with Gasteiger partial charge in [-0.25, -0.2) is 0 Å². The molecule has 0 saturated carbocycles. The molecule has 104 valence electrons. The number of hydrogen-bond donors (Lipinski definition) is 1. The van der Waals surface area contributed by atoms with Crippen molar-refractivity contribution in [3.8, 4) is 11.5 Å². The van der Waals surface area contributed by atoms with Crippen LogP contribution in [-0.2, 0) is 0 Å². The number of aliphatic hydroxyl groups excluding tert-OH is 1. The number of pyridine rings is 1. The van der Waals surface area contributed by atoms with E-state index in [4.69, 9.17) is 9.47 Å². The van der Waals surface area contributed by atoms with Crippen molar-refractivity contribution >= 4 is 0 Å². The smallest absolute Gasteiger partial charge is 0.129 e. The van der Waals surface area contributed by atoms with Gasteiger partial charge in [0.15, 0.2) is 0 Å². The van der Waals surface area contributed by atoms with E-state index in [0.717, 1.165) is 22.4 Å². The van der Waals surface area contributed by atoms with Crippen LogP contribution in [0.4, 0.5) is 0 Å². The highest BCUT2D eigenvalue weighted by Crippen LogP contribution is 2.42. The zero-order valence-electron chi connectivity index (χ0n) is 11.5. The van der Waals surface area contributed by atoms with Crippen molar-refractivity contribution in [1.82, 2.24) is 4.98 Å². The summed E-state index contributed by atoms with van der Waals surface area (Å²) in [6, 6.07) is 7.45. The number of hydrogen-bond acceptors (Lipinski definition) is 4. The molecule has 0 aliphatic carbocycles. The van der Waals surface area contributed by atoms with Gasteiger partial charge in [0.05, 0.1) is 13.2 Å². The SMILES string of the molecule is COc1ccc2c(c1)OC(c1cnccc1C)C[C@H]2O. The van der Waals surface area contributed by atoms with Crippen LogP contribution in [0.3, 0.4) is 0 Å². The Morgan fingerprint density at radius 3 is 2.90 bits per heavy atom. The predicted octanol–water partition coefficient (Wildman–Crippen LogP) is 2.96. The van der Waals surface area contributed by atoms with Gasteiger partial charge < -0.3 is 14.6 Å². The molecule has 2 heterocycles. The molecule has 0 radical (unpaired) electrons. The topological polar surface area (TPSA) is 51.6 Å². The number of methoxy groups -OCH3 is 1. The van der Waals surface area contributed by atoms with Crippen LogP contribution in [0.25, 0.3) is 0 Å². The summed E-state index contributed by atoms with van der Waals surface area (Å²) >= 11 is 0. The molecule has 20 heavy (non-hydrogen) atoms. The van der Waals surface area contributed by atoms with E-state index in [1.54, 1.807) is 19.5 Å². The fraction of sp³-hybridized carbons (Fsp3) is 0.312. The van der Waals surface area contributed by atoms with Crippen molar-refractivity contribution in [3.05, 3.63) is 53.3 Å². The minimum absolute atomic E-state index is 0.182. The number of aromatic nitrogens is 1. The lowest BCUT2D eigenvalue weighted by Crippen LogP contribution is -2.20. The normalized spacial score (nSPS) is 20.9. The van der Waals surface area contributed by atoms with Crippen molar-refractivity contribution in [2.45, 2.75) is 25.6 Å². The molecule has 2 atom stereocenters. The third-order valence-corrected chi connectivity index (χ3v) is 3.71. The van der Waals surface area contributed by atoms with Crippen LogP contribution in [0.1, 0.15) is 35.3 Å². The van der Waals surface area contributed by atoms with Crippen molar-refractivity contribution in [2.24, 2.45) is 0 Å². The highest BCUT2D eigenvalue weighted by molar-refractivity contribution is 5.44. The first-order valence-corrected chi connectivity index (χ1v) is 6.62. The van der Waals surface area contributed by atoms with E-state index >= 15 is 0 Å². The molecular formula is C16H17NO3. The quantitative estimate of drug-likeness (QED) is 0.912. The highest BCUT2D eigenvalue weighted by Gasteiger charge is 2.29. The number of nitrogens with zero attached hydrogens (tertiary/aromatic N) is 1. The van der Waals surface area contributed by atoms with Crippen LogP contribution in [0.2, 0.25) is 0 Å². The molecule has 0 fully saturated rings. The second kappa shape index (κ2) is 5.13. The molecule has 1 aliphatic rings. The fourth-order valence-electron chi connectivity index (χ4n) is 2.55. The first kappa shape index (κ1) is 12.9. The molecule has 1 unspecified atom stereocenters. The summed E-state index contributed by atoms with van der Waals surface area (Å²) in [5, 5.41) is 10.3. The molecule has 3 rings (SSSR count). The van der Waals surface area contributed by atoms with E-state index in [-0.39, 0.29) is 6.10 Å². The molecular weight excluding hydrogens is 254 g/mol. The lowest BCUT2D eigenvalue weighted by molar-refractivity contribution is 0.0650. The van der Waals surface area contributed by atoms with Crippen molar-refractivity contribution in [3.63, 3.8) is 0 Å². The van der Waals surface area contributed by atoms with Gasteiger partial charge in [0.2, 0.25) is 0 Å². The molecule has 0 amide bonds. The first-order chi connectivity index (χ1) is 9.69. The molecule has 1 aromatic heterocycles. The minimum Gasteiger partial charge on any atom is -0.497 e. The van der Waals surface area contributed by atoms with E-state index < -0.39 is 6.10 Å². The summed E-state index contributed by atoms with van der Waals surface area (Å²) in [5.41, 5.74) is 2.94. The van der Waals surface area contributed by atoms with Crippen LogP contribution in [-0.4, -0.2) is 17.2 Å². The summed E-state index contributed by atoms with van der Waals surface area (Å²) < 4.78 is 11.2. The Morgan fingerprint density at radius 1 is 1.30 bits per heavy atom. The van der Waals surface area contributed by atoms with Gasteiger partial charge >= 0.3 is 0 Å². The third kappa shape index (κ3) is 2.23. The largest absolute Gasteiger partial charge is 0.497 e. The maximum atomic E-state index is 10.3. The molecule has 4 heteroatoms. The van der Waals surface area contributed by atoms with Crippen molar-refractivity contribution in [2.75, 3.05) is 7.11 Å². The Bertz CT molecular complexity index is 627. The molecule has 0 bridgehead atoms. The Morgan fingerprint density at radius 2 is 2.15 bits per heavy atom. The lowest BCUT2D eigenvalue weighted by atomic mass is 9.94. The van der Waals surface area contributed by atoms with Crippen LogP contribution in [0.5, 0.6) is 11.5 Å². The predicted molar refractivity (Wildman–Crippen MR) is 74.9 cm³/mol. The Labute approximate surface area is 118 Å². The Balaban J connectivity index is 1.97. The summed E-state index contributed by atoms with van der Waals surface area (Å²) in [6.45, 7) is 2.02. The van der Waals surface area contributed by atoms with Gasteiger partial charge in [-0.2, -0.15) is 0 Å². The summed E-state index contributed by atoms with van der Waals surface area (Å²) in [6.07, 6.45) is 3.38. The van der Waals surface area contributed by atoms with Crippen LogP contribution >= 0.6 is 0 Å². The van der Waals surface area contributed by atoms with Gasteiger partial charge in [0, 0.05) is 36.0 Å². The molecule has 0 spiro atoms. The van der Waals surface area contributed by atoms with Crippen molar-refractivity contribution < 1.29 is 14.6 Å². The van der Waals surface area contributed by atoms with E-state index in [0.29, 0.717) is 12.2 Å². The summed E-state index contributed by atoms with van der Waals surface area (Å²) in [4.78, 5) is 4.15. The van der Waals surface area contributed by atoms with Crippen LogP contribution in [0.15, 0.2) is 36.7 Å². The molecule has 4 nitrogen and oxygen atoms in total. The maximum Gasteiger partial charge on any atom is 0.129 e. The first-order valence-electron chi connectivity index (χ1n) is 6.62. The minimum atomic E-state index is -0.533. The molecule has 1 N–H and O–H groups in total. The van der Waals surface area contributed by atoms with Crippen LogP contribution in [0, 0.1) is 6.92 Å². The molecule has 1 aliphatic heterocycles. The van der Waals surface area contributed by atoms with Gasteiger partial charge in [0.25, 0.3) is 0 Å². The summed E-state index contributed by atoms with van der Waals surface area (Å²) in [7, 11) is 1.61. The van der Waals surface area contributed by atoms with Gasteiger partial charge in [0.1, 0.15) is 17.6 Å². The fourth-order valence-corrected chi connectivity index (χ4v) is 2.55. The number of rotatable bonds is 2. The van der Waals surface area contributed by atoms with E-state index in [9.17, 15) is 5.11 Å². The lowest BCUT2D eigenvalue weighted by Gasteiger charge is -2.30. The maximum absolute atomic E-state index is 10.3. The molecule has 0 saturated heterocycles. The zero-order valence-corrected chi connectivity index (χ0v) is 11.5. The van der Waals surface area contributed by atoms with E-state index in [1.807, 2.05) is 31.2 Å². The zero-order chi connectivity index (χ0) is 14.1. The van der Waals surface area contributed by atoms with Crippen molar-refractivity contribution in [1.29, 1.82) is 0 Å². The second-order valence-corrected chi connectivity index (χ2v) is 4.99. The third-order valence-electron chi connectivity index (χ3n) is 3.71. The average Bonchev–Trinajstić information content (AvgIpc) is 2.47. The number of aryl methyl sites for hydroxylation is 1. The number of benzene rings is 1. The van der Waals surface area contributed by atoms with Crippen LogP contribution < -0.4 is 9.47 Å². The van der Waals surface area contributed by atoms with Gasteiger partial charge in [-0.15, -0.1) is 0 Å².